The molecule has 1 aromatic carbocycles. The Morgan fingerprint density at radius 2 is 1.95 bits per heavy atom. The van der Waals surface area contributed by atoms with Gasteiger partial charge in [0.1, 0.15) is 5.75 Å². The number of carbonyl (C=O) groups is 1. The average molecular weight is 294 g/mol. The normalized spacial score (nSPS) is 10.7. The Bertz CT molecular complexity index is 459. The average Bonchev–Trinajstić information content (AvgIpc) is 2.47. The number of ether oxygens (including phenoxy) is 1. The van der Waals surface area contributed by atoms with E-state index in [9.17, 15) is 4.79 Å². The molecule has 0 aliphatic rings. The van der Waals surface area contributed by atoms with Crippen LogP contribution in [0.25, 0.3) is 0 Å². The van der Waals surface area contributed by atoms with Crippen LogP contribution in [0.3, 0.4) is 0 Å². The summed E-state index contributed by atoms with van der Waals surface area (Å²) in [6.07, 6.45) is 0.158. The topological polar surface area (TPSA) is 53.0 Å². The van der Waals surface area contributed by atoms with Crippen LogP contribution in [-0.2, 0) is 11.3 Å². The SMILES string of the molecule is CCN(CC)c1ccc(CN(C)CCC(=O)O)cc1OC. The van der Waals surface area contributed by atoms with Gasteiger partial charge in [-0.2, -0.15) is 0 Å². The van der Waals surface area contributed by atoms with Crippen LogP contribution in [-0.4, -0.2) is 49.8 Å². The molecule has 0 fully saturated rings. The number of hydrogen-bond acceptors (Lipinski definition) is 4. The zero-order valence-corrected chi connectivity index (χ0v) is 13.4. The van der Waals surface area contributed by atoms with Gasteiger partial charge in [-0.15, -0.1) is 0 Å². The molecule has 0 aromatic heterocycles. The molecule has 0 saturated carbocycles. The fourth-order valence-electron chi connectivity index (χ4n) is 2.32. The summed E-state index contributed by atoms with van der Waals surface area (Å²) < 4.78 is 5.50. The van der Waals surface area contributed by atoms with Gasteiger partial charge in [-0.1, -0.05) is 6.07 Å². The summed E-state index contributed by atoms with van der Waals surface area (Å²) in [7, 11) is 3.61. The number of hydrogen-bond donors (Lipinski definition) is 1. The summed E-state index contributed by atoms with van der Waals surface area (Å²) in [5, 5.41) is 8.71. The first-order chi connectivity index (χ1) is 10.0. The van der Waals surface area contributed by atoms with Gasteiger partial charge in [-0.25, -0.2) is 0 Å². The van der Waals surface area contributed by atoms with Crippen LogP contribution in [0.2, 0.25) is 0 Å². The van der Waals surface area contributed by atoms with Crippen molar-refractivity contribution in [2.75, 3.05) is 38.7 Å². The lowest BCUT2D eigenvalue weighted by atomic mass is 10.1. The van der Waals surface area contributed by atoms with Crippen LogP contribution < -0.4 is 9.64 Å². The van der Waals surface area contributed by atoms with Crippen molar-refractivity contribution in [3.05, 3.63) is 23.8 Å². The summed E-state index contributed by atoms with van der Waals surface area (Å²) in [6, 6.07) is 6.19. The van der Waals surface area contributed by atoms with Crippen molar-refractivity contribution in [1.82, 2.24) is 4.90 Å². The molecule has 1 N–H and O–H groups in total. The molecule has 0 unspecified atom stereocenters. The predicted molar refractivity (Wildman–Crippen MR) is 85.1 cm³/mol. The number of anilines is 1. The Morgan fingerprint density at radius 1 is 1.29 bits per heavy atom. The molecule has 1 aromatic rings. The van der Waals surface area contributed by atoms with Gasteiger partial charge >= 0.3 is 5.97 Å². The van der Waals surface area contributed by atoms with E-state index in [1.165, 1.54) is 0 Å². The first-order valence-corrected chi connectivity index (χ1v) is 7.34. The number of benzene rings is 1. The van der Waals surface area contributed by atoms with Crippen LogP contribution in [0.4, 0.5) is 5.69 Å². The Kier molecular flexibility index (Phi) is 7.02. The van der Waals surface area contributed by atoms with Gasteiger partial charge in [0.15, 0.2) is 0 Å². The molecule has 118 valence electrons. The third-order valence-corrected chi connectivity index (χ3v) is 3.51. The van der Waals surface area contributed by atoms with E-state index in [-0.39, 0.29) is 6.42 Å². The van der Waals surface area contributed by atoms with E-state index >= 15 is 0 Å². The Hall–Kier alpha value is -1.75. The fraction of sp³-hybridized carbons (Fsp3) is 0.562. The van der Waals surface area contributed by atoms with Crippen LogP contribution in [0.1, 0.15) is 25.8 Å². The minimum Gasteiger partial charge on any atom is -0.495 e. The molecular weight excluding hydrogens is 268 g/mol. The van der Waals surface area contributed by atoms with Crippen molar-refractivity contribution in [3.8, 4) is 5.75 Å². The Balaban J connectivity index is 2.79. The lowest BCUT2D eigenvalue weighted by Crippen LogP contribution is -2.23. The predicted octanol–water partition coefficient (Wildman–Crippen LogP) is 2.45. The number of rotatable bonds is 9. The van der Waals surface area contributed by atoms with Gasteiger partial charge in [-0.05, 0) is 38.6 Å². The van der Waals surface area contributed by atoms with Gasteiger partial charge in [0.2, 0.25) is 0 Å². The first-order valence-electron chi connectivity index (χ1n) is 7.34. The summed E-state index contributed by atoms with van der Waals surface area (Å²) in [5.74, 6) is 0.0964. The van der Waals surface area contributed by atoms with Crippen molar-refractivity contribution in [1.29, 1.82) is 0 Å². The zero-order valence-electron chi connectivity index (χ0n) is 13.4. The van der Waals surface area contributed by atoms with Crippen LogP contribution in [0, 0.1) is 0 Å². The van der Waals surface area contributed by atoms with Crippen LogP contribution >= 0.6 is 0 Å². The summed E-state index contributed by atoms with van der Waals surface area (Å²) >= 11 is 0. The second-order valence-corrected chi connectivity index (χ2v) is 5.06. The molecule has 0 saturated heterocycles. The molecule has 0 bridgehead atoms. The molecule has 0 aliphatic carbocycles. The van der Waals surface area contributed by atoms with Crippen molar-refractivity contribution in [3.63, 3.8) is 0 Å². The minimum atomic E-state index is -0.767. The number of carboxylic acids is 1. The van der Waals surface area contributed by atoms with Crippen molar-refractivity contribution in [2.24, 2.45) is 0 Å². The van der Waals surface area contributed by atoms with Crippen molar-refractivity contribution in [2.45, 2.75) is 26.8 Å². The maximum absolute atomic E-state index is 10.6. The molecular formula is C16H26N2O3. The van der Waals surface area contributed by atoms with E-state index in [2.05, 4.69) is 30.9 Å². The highest BCUT2D eigenvalue weighted by atomic mass is 16.5. The van der Waals surface area contributed by atoms with E-state index in [4.69, 9.17) is 9.84 Å². The highest BCUT2D eigenvalue weighted by molar-refractivity contribution is 5.66. The quantitative estimate of drug-likeness (QED) is 0.758. The highest BCUT2D eigenvalue weighted by Gasteiger charge is 2.11. The van der Waals surface area contributed by atoms with Gasteiger partial charge in [-0.3, -0.25) is 4.79 Å². The maximum atomic E-state index is 10.6. The molecule has 0 heterocycles. The van der Waals surface area contributed by atoms with E-state index in [0.717, 1.165) is 30.1 Å². The monoisotopic (exact) mass is 294 g/mol. The lowest BCUT2D eigenvalue weighted by Gasteiger charge is -2.24. The molecule has 0 atom stereocenters. The summed E-state index contributed by atoms with van der Waals surface area (Å²) in [6.45, 7) is 7.36. The van der Waals surface area contributed by atoms with E-state index < -0.39 is 5.97 Å². The largest absolute Gasteiger partial charge is 0.495 e. The second kappa shape index (κ2) is 8.52. The third kappa shape index (κ3) is 5.27. The second-order valence-electron chi connectivity index (χ2n) is 5.06. The summed E-state index contributed by atoms with van der Waals surface area (Å²) in [5.41, 5.74) is 2.22. The third-order valence-electron chi connectivity index (χ3n) is 3.51. The van der Waals surface area contributed by atoms with Crippen molar-refractivity contribution < 1.29 is 14.6 Å². The van der Waals surface area contributed by atoms with Crippen LogP contribution in [0.5, 0.6) is 5.75 Å². The maximum Gasteiger partial charge on any atom is 0.304 e. The van der Waals surface area contributed by atoms with Gasteiger partial charge in [0.25, 0.3) is 0 Å². The molecule has 0 aliphatic heterocycles. The molecule has 0 radical (unpaired) electrons. The molecule has 1 rings (SSSR count). The smallest absolute Gasteiger partial charge is 0.304 e. The number of carboxylic acid groups (broad SMARTS) is 1. The number of nitrogens with zero attached hydrogens (tertiary/aromatic N) is 2. The molecule has 0 amide bonds. The number of methoxy groups -OCH3 is 1. The summed E-state index contributed by atoms with van der Waals surface area (Å²) in [4.78, 5) is 14.8. The van der Waals surface area contributed by atoms with E-state index in [0.29, 0.717) is 13.1 Å². The number of aliphatic carboxylic acids is 1. The fourth-order valence-corrected chi connectivity index (χ4v) is 2.32. The lowest BCUT2D eigenvalue weighted by molar-refractivity contribution is -0.137. The van der Waals surface area contributed by atoms with Crippen LogP contribution in [0.15, 0.2) is 18.2 Å². The molecule has 5 nitrogen and oxygen atoms in total. The molecule has 21 heavy (non-hydrogen) atoms. The molecule has 5 heteroatoms. The standard InChI is InChI=1S/C16H26N2O3/c1-5-18(6-2)14-8-7-13(11-15(14)21-4)12-17(3)10-9-16(19)20/h7-8,11H,5-6,9-10,12H2,1-4H3,(H,19,20). The van der Waals surface area contributed by atoms with E-state index in [1.807, 2.05) is 18.0 Å². The first kappa shape index (κ1) is 17.3. The van der Waals surface area contributed by atoms with Crippen molar-refractivity contribution >= 4 is 11.7 Å². The highest BCUT2D eigenvalue weighted by Crippen LogP contribution is 2.29. The Labute approximate surface area is 127 Å². The molecule has 0 spiro atoms. The zero-order chi connectivity index (χ0) is 15.8. The minimum absolute atomic E-state index is 0.158. The van der Waals surface area contributed by atoms with Gasteiger partial charge in [0, 0.05) is 26.2 Å². The van der Waals surface area contributed by atoms with Gasteiger partial charge < -0.3 is 19.6 Å². The van der Waals surface area contributed by atoms with Gasteiger partial charge in [0.05, 0.1) is 19.2 Å². The Morgan fingerprint density at radius 3 is 2.48 bits per heavy atom. The van der Waals surface area contributed by atoms with E-state index in [1.54, 1.807) is 7.11 Å².